The monoisotopic (exact) mass is 400 g/mol. The van der Waals surface area contributed by atoms with Crippen LogP contribution >= 0.6 is 0 Å². The van der Waals surface area contributed by atoms with E-state index in [0.29, 0.717) is 0 Å². The Morgan fingerprint density at radius 3 is 1.50 bits per heavy atom. The molecular weight excluding hydrogens is 380 g/mol. The number of halogens is 2. The number of hydrogen-bond acceptors (Lipinski definition) is 0. The van der Waals surface area contributed by atoms with E-state index in [0.717, 1.165) is 13.1 Å². The average molecular weight is 402 g/mol. The lowest BCUT2D eigenvalue weighted by Crippen LogP contribution is -3.00. The molecule has 4 heteroatoms. The highest BCUT2D eigenvalue weighted by Crippen LogP contribution is 1.94. The van der Waals surface area contributed by atoms with Crippen LogP contribution in [0.25, 0.3) is 0 Å². The molecule has 0 amide bonds. The van der Waals surface area contributed by atoms with Crippen molar-refractivity contribution < 1.29 is 43.1 Å². The SMILES string of the molecule is Cc1ccc[n+](CCCC[n+]2cccc(C)c2)c1.[Br-].[Br-]. The van der Waals surface area contributed by atoms with E-state index in [1.807, 2.05) is 0 Å². The van der Waals surface area contributed by atoms with Crippen LogP contribution in [0.15, 0.2) is 49.1 Å². The molecular formula is C16H22Br2N2. The maximum Gasteiger partial charge on any atom is 0.171 e. The fourth-order valence-corrected chi connectivity index (χ4v) is 2.17. The summed E-state index contributed by atoms with van der Waals surface area (Å²) in [4.78, 5) is 0. The molecule has 0 aromatic carbocycles. The van der Waals surface area contributed by atoms with Gasteiger partial charge in [-0.1, -0.05) is 0 Å². The van der Waals surface area contributed by atoms with Gasteiger partial charge in [-0.3, -0.25) is 0 Å². The second kappa shape index (κ2) is 10.1. The van der Waals surface area contributed by atoms with E-state index in [1.165, 1.54) is 24.0 Å². The first-order chi connectivity index (χ1) is 8.74. The van der Waals surface area contributed by atoms with Crippen LogP contribution in [0.3, 0.4) is 0 Å². The molecule has 0 aliphatic rings. The highest BCUT2D eigenvalue weighted by molar-refractivity contribution is 5.01. The molecule has 2 aromatic heterocycles. The molecule has 0 unspecified atom stereocenters. The molecule has 0 atom stereocenters. The van der Waals surface area contributed by atoms with Crippen LogP contribution in [0.1, 0.15) is 24.0 Å². The van der Waals surface area contributed by atoms with Crippen molar-refractivity contribution in [1.29, 1.82) is 0 Å². The van der Waals surface area contributed by atoms with Crippen molar-refractivity contribution in [2.45, 2.75) is 39.8 Å². The fraction of sp³-hybridized carbons (Fsp3) is 0.375. The molecule has 0 aliphatic carbocycles. The molecule has 0 radical (unpaired) electrons. The van der Waals surface area contributed by atoms with Gasteiger partial charge < -0.3 is 34.0 Å². The van der Waals surface area contributed by atoms with Crippen molar-refractivity contribution in [3.05, 3.63) is 60.2 Å². The van der Waals surface area contributed by atoms with Gasteiger partial charge in [0.1, 0.15) is 13.1 Å². The lowest BCUT2D eigenvalue weighted by Gasteiger charge is -1.98. The van der Waals surface area contributed by atoms with E-state index in [1.54, 1.807) is 0 Å². The zero-order valence-electron chi connectivity index (χ0n) is 12.1. The summed E-state index contributed by atoms with van der Waals surface area (Å²) in [6.45, 7) is 6.49. The number of rotatable bonds is 5. The Kier molecular flexibility index (Phi) is 9.68. The normalized spacial score (nSPS) is 9.50. The van der Waals surface area contributed by atoms with E-state index in [9.17, 15) is 0 Å². The lowest BCUT2D eigenvalue weighted by molar-refractivity contribution is -0.708. The van der Waals surface area contributed by atoms with Crippen LogP contribution in [0, 0.1) is 13.8 Å². The Morgan fingerprint density at radius 2 is 1.15 bits per heavy atom. The third kappa shape index (κ3) is 6.62. The van der Waals surface area contributed by atoms with Gasteiger partial charge in [0, 0.05) is 36.1 Å². The molecule has 20 heavy (non-hydrogen) atoms. The Balaban J connectivity index is 0.00000180. The minimum atomic E-state index is 0. The smallest absolute Gasteiger partial charge is 0.171 e. The van der Waals surface area contributed by atoms with Crippen LogP contribution < -0.4 is 43.1 Å². The molecule has 2 aromatic rings. The van der Waals surface area contributed by atoms with E-state index >= 15 is 0 Å². The first-order valence-electron chi connectivity index (χ1n) is 6.65. The Morgan fingerprint density at radius 1 is 0.750 bits per heavy atom. The fourth-order valence-electron chi connectivity index (χ4n) is 2.17. The number of pyridine rings is 2. The molecule has 0 N–H and O–H groups in total. The zero-order chi connectivity index (χ0) is 12.8. The largest absolute Gasteiger partial charge is 1.00 e. The van der Waals surface area contributed by atoms with Crippen LogP contribution in [0.5, 0.6) is 0 Å². The van der Waals surface area contributed by atoms with E-state index in [-0.39, 0.29) is 34.0 Å². The minimum absolute atomic E-state index is 0. The molecule has 0 spiro atoms. The van der Waals surface area contributed by atoms with Gasteiger partial charge in [0.05, 0.1) is 0 Å². The number of aromatic nitrogens is 2. The van der Waals surface area contributed by atoms with E-state index < -0.39 is 0 Å². The van der Waals surface area contributed by atoms with Gasteiger partial charge in [-0.25, -0.2) is 9.13 Å². The molecule has 0 fully saturated rings. The van der Waals surface area contributed by atoms with Gasteiger partial charge in [-0.05, 0) is 26.0 Å². The lowest BCUT2D eigenvalue weighted by atomic mass is 10.2. The number of unbranched alkanes of at least 4 members (excludes halogenated alkanes) is 1. The number of hydrogen-bond donors (Lipinski definition) is 0. The Bertz CT molecular complexity index is 468. The standard InChI is InChI=1S/C16H22N2.2BrH/c1-15-7-5-11-17(13-15)9-3-4-10-18-12-6-8-16(2)14-18;;/h5-8,11-14H,3-4,9-10H2,1-2H3;2*1H/q+2;;/p-2. The molecule has 2 nitrogen and oxygen atoms in total. The van der Waals surface area contributed by atoms with Crippen molar-refractivity contribution in [2.24, 2.45) is 0 Å². The van der Waals surface area contributed by atoms with E-state index in [2.05, 4.69) is 72.0 Å². The second-order valence-electron chi connectivity index (χ2n) is 4.95. The Labute approximate surface area is 143 Å². The quantitative estimate of drug-likeness (QED) is 0.361. The summed E-state index contributed by atoms with van der Waals surface area (Å²) in [5.41, 5.74) is 2.65. The molecule has 110 valence electrons. The summed E-state index contributed by atoms with van der Waals surface area (Å²) >= 11 is 0. The van der Waals surface area contributed by atoms with Crippen molar-refractivity contribution in [3.8, 4) is 0 Å². The van der Waals surface area contributed by atoms with Crippen LogP contribution in [-0.2, 0) is 13.1 Å². The number of aryl methyl sites for hydroxylation is 4. The topological polar surface area (TPSA) is 7.76 Å². The Hall–Kier alpha value is -0.740. The second-order valence-corrected chi connectivity index (χ2v) is 4.95. The summed E-state index contributed by atoms with van der Waals surface area (Å²) in [6, 6.07) is 8.51. The van der Waals surface area contributed by atoms with Crippen molar-refractivity contribution in [1.82, 2.24) is 0 Å². The first-order valence-corrected chi connectivity index (χ1v) is 6.65. The van der Waals surface area contributed by atoms with Gasteiger partial charge in [-0.2, -0.15) is 0 Å². The van der Waals surface area contributed by atoms with Gasteiger partial charge in [0.15, 0.2) is 24.8 Å². The maximum atomic E-state index is 2.27. The third-order valence-corrected chi connectivity index (χ3v) is 3.09. The molecule has 0 saturated carbocycles. The van der Waals surface area contributed by atoms with Crippen LogP contribution in [0.2, 0.25) is 0 Å². The first kappa shape index (κ1) is 19.3. The van der Waals surface area contributed by atoms with Gasteiger partial charge in [0.2, 0.25) is 0 Å². The molecule has 0 saturated heterocycles. The predicted molar refractivity (Wildman–Crippen MR) is 72.0 cm³/mol. The minimum Gasteiger partial charge on any atom is -1.00 e. The third-order valence-electron chi connectivity index (χ3n) is 3.09. The molecule has 2 heterocycles. The van der Waals surface area contributed by atoms with Crippen molar-refractivity contribution in [3.63, 3.8) is 0 Å². The summed E-state index contributed by atoms with van der Waals surface area (Å²) in [5.74, 6) is 0. The van der Waals surface area contributed by atoms with Crippen LogP contribution in [0.4, 0.5) is 0 Å². The molecule has 0 bridgehead atoms. The predicted octanol–water partition coefficient (Wildman–Crippen LogP) is -3.63. The highest BCUT2D eigenvalue weighted by atomic mass is 79.9. The summed E-state index contributed by atoms with van der Waals surface area (Å²) < 4.78 is 4.55. The average Bonchev–Trinajstić information content (AvgIpc) is 2.35. The zero-order valence-corrected chi connectivity index (χ0v) is 15.3. The van der Waals surface area contributed by atoms with Crippen molar-refractivity contribution >= 4 is 0 Å². The summed E-state index contributed by atoms with van der Waals surface area (Å²) in [6.07, 6.45) is 11.1. The summed E-state index contributed by atoms with van der Waals surface area (Å²) in [5, 5.41) is 0. The van der Waals surface area contributed by atoms with Gasteiger partial charge in [-0.15, -0.1) is 0 Å². The number of nitrogens with zero attached hydrogens (tertiary/aromatic N) is 2. The summed E-state index contributed by atoms with van der Waals surface area (Å²) in [7, 11) is 0. The van der Waals surface area contributed by atoms with Crippen molar-refractivity contribution in [2.75, 3.05) is 0 Å². The highest BCUT2D eigenvalue weighted by Gasteiger charge is 2.03. The van der Waals surface area contributed by atoms with Crippen LogP contribution in [-0.4, -0.2) is 0 Å². The van der Waals surface area contributed by atoms with Gasteiger partial charge >= 0.3 is 0 Å². The molecule has 0 aliphatic heterocycles. The molecule has 2 rings (SSSR count). The van der Waals surface area contributed by atoms with E-state index in [4.69, 9.17) is 0 Å². The maximum absolute atomic E-state index is 2.27. The van der Waals surface area contributed by atoms with Gasteiger partial charge in [0.25, 0.3) is 0 Å².